The molecular formula is C15H23NO2. The molecule has 3 nitrogen and oxygen atoms in total. The summed E-state index contributed by atoms with van der Waals surface area (Å²) < 4.78 is 5.18. The standard InChI is InChI=1S/C15H23NO2/c1-12(2)9-10-15(17)18-11-5-8-14-7-4-6-13(3)16-14/h4,6-7,12H,5,8-11H2,1-3H3. The molecule has 0 aliphatic rings. The van der Waals surface area contributed by atoms with Crippen LogP contribution in [0.25, 0.3) is 0 Å². The number of hydrogen-bond acceptors (Lipinski definition) is 3. The van der Waals surface area contributed by atoms with Crippen LogP contribution in [-0.2, 0) is 16.0 Å². The molecule has 0 atom stereocenters. The van der Waals surface area contributed by atoms with Crippen LogP contribution in [0.5, 0.6) is 0 Å². The van der Waals surface area contributed by atoms with Crippen LogP contribution in [0.1, 0.15) is 44.5 Å². The highest BCUT2D eigenvalue weighted by Crippen LogP contribution is 2.05. The smallest absolute Gasteiger partial charge is 0.305 e. The second kappa shape index (κ2) is 7.85. The summed E-state index contributed by atoms with van der Waals surface area (Å²) in [5.41, 5.74) is 2.09. The molecule has 100 valence electrons. The van der Waals surface area contributed by atoms with Crippen molar-refractivity contribution in [2.24, 2.45) is 5.92 Å². The van der Waals surface area contributed by atoms with Gasteiger partial charge in [0.1, 0.15) is 0 Å². The van der Waals surface area contributed by atoms with E-state index in [9.17, 15) is 4.79 Å². The summed E-state index contributed by atoms with van der Waals surface area (Å²) in [6, 6.07) is 6.00. The van der Waals surface area contributed by atoms with E-state index in [1.165, 1.54) is 0 Å². The van der Waals surface area contributed by atoms with Gasteiger partial charge in [0.05, 0.1) is 6.61 Å². The lowest BCUT2D eigenvalue weighted by Crippen LogP contribution is -2.08. The number of esters is 1. The number of aryl methyl sites for hydroxylation is 2. The molecule has 0 bridgehead atoms. The lowest BCUT2D eigenvalue weighted by molar-refractivity contribution is -0.144. The van der Waals surface area contributed by atoms with E-state index in [0.29, 0.717) is 18.9 Å². The molecule has 0 aromatic carbocycles. The minimum absolute atomic E-state index is 0.0825. The predicted octanol–water partition coefficient (Wildman–Crippen LogP) is 3.30. The third kappa shape index (κ3) is 6.38. The number of carbonyl (C=O) groups is 1. The van der Waals surface area contributed by atoms with Gasteiger partial charge in [-0.1, -0.05) is 19.9 Å². The highest BCUT2D eigenvalue weighted by molar-refractivity contribution is 5.69. The van der Waals surface area contributed by atoms with E-state index in [1.807, 2.05) is 25.1 Å². The lowest BCUT2D eigenvalue weighted by atomic mass is 10.1. The third-order valence-electron chi connectivity index (χ3n) is 2.71. The maximum absolute atomic E-state index is 11.4. The number of ether oxygens (including phenoxy) is 1. The maximum Gasteiger partial charge on any atom is 0.305 e. The monoisotopic (exact) mass is 249 g/mol. The highest BCUT2D eigenvalue weighted by Gasteiger charge is 2.04. The number of pyridine rings is 1. The van der Waals surface area contributed by atoms with Crippen LogP contribution >= 0.6 is 0 Å². The molecule has 0 spiro atoms. The summed E-state index contributed by atoms with van der Waals surface area (Å²) in [7, 11) is 0. The lowest BCUT2D eigenvalue weighted by Gasteiger charge is -2.06. The van der Waals surface area contributed by atoms with Gasteiger partial charge in [-0.05, 0) is 44.2 Å². The van der Waals surface area contributed by atoms with E-state index in [-0.39, 0.29) is 5.97 Å². The van der Waals surface area contributed by atoms with E-state index in [0.717, 1.165) is 30.7 Å². The number of carbonyl (C=O) groups excluding carboxylic acids is 1. The first-order chi connectivity index (χ1) is 8.58. The fourth-order valence-electron chi connectivity index (χ4n) is 1.66. The van der Waals surface area contributed by atoms with E-state index in [2.05, 4.69) is 18.8 Å². The second-order valence-electron chi connectivity index (χ2n) is 5.03. The van der Waals surface area contributed by atoms with Crippen LogP contribution in [0.15, 0.2) is 18.2 Å². The van der Waals surface area contributed by atoms with Crippen LogP contribution in [-0.4, -0.2) is 17.6 Å². The Morgan fingerprint density at radius 2 is 2.17 bits per heavy atom. The van der Waals surface area contributed by atoms with Gasteiger partial charge >= 0.3 is 5.97 Å². The molecule has 1 aromatic heterocycles. The average Bonchev–Trinajstić information content (AvgIpc) is 2.32. The largest absolute Gasteiger partial charge is 0.466 e. The van der Waals surface area contributed by atoms with E-state index in [1.54, 1.807) is 0 Å². The van der Waals surface area contributed by atoms with Gasteiger partial charge in [-0.2, -0.15) is 0 Å². The Labute approximate surface area is 110 Å². The quantitative estimate of drug-likeness (QED) is 0.550. The van der Waals surface area contributed by atoms with Gasteiger partial charge in [0.25, 0.3) is 0 Å². The molecule has 1 rings (SSSR count). The first-order valence-corrected chi connectivity index (χ1v) is 6.66. The van der Waals surface area contributed by atoms with Gasteiger partial charge in [-0.15, -0.1) is 0 Å². The van der Waals surface area contributed by atoms with Crippen molar-refractivity contribution in [2.45, 2.75) is 46.5 Å². The van der Waals surface area contributed by atoms with Crippen LogP contribution < -0.4 is 0 Å². The summed E-state index contributed by atoms with van der Waals surface area (Å²) in [4.78, 5) is 15.8. The topological polar surface area (TPSA) is 39.2 Å². The molecule has 0 unspecified atom stereocenters. The van der Waals surface area contributed by atoms with E-state index in [4.69, 9.17) is 4.74 Å². The van der Waals surface area contributed by atoms with Crippen molar-refractivity contribution in [2.75, 3.05) is 6.61 Å². The van der Waals surface area contributed by atoms with Crippen molar-refractivity contribution in [3.05, 3.63) is 29.6 Å². The van der Waals surface area contributed by atoms with Crippen molar-refractivity contribution in [1.29, 1.82) is 0 Å². The van der Waals surface area contributed by atoms with Crippen molar-refractivity contribution in [3.8, 4) is 0 Å². The molecule has 0 aliphatic heterocycles. The molecule has 0 aliphatic carbocycles. The molecule has 0 saturated heterocycles. The average molecular weight is 249 g/mol. The highest BCUT2D eigenvalue weighted by atomic mass is 16.5. The van der Waals surface area contributed by atoms with E-state index < -0.39 is 0 Å². The SMILES string of the molecule is Cc1cccc(CCCOC(=O)CCC(C)C)n1. The molecule has 3 heteroatoms. The second-order valence-corrected chi connectivity index (χ2v) is 5.03. The molecule has 0 saturated carbocycles. The number of rotatable bonds is 7. The Kier molecular flexibility index (Phi) is 6.40. The zero-order valence-electron chi connectivity index (χ0n) is 11.6. The molecule has 18 heavy (non-hydrogen) atoms. The van der Waals surface area contributed by atoms with Crippen molar-refractivity contribution < 1.29 is 9.53 Å². The Morgan fingerprint density at radius 1 is 1.39 bits per heavy atom. The van der Waals surface area contributed by atoms with Gasteiger partial charge < -0.3 is 4.74 Å². The minimum atomic E-state index is -0.0825. The zero-order valence-corrected chi connectivity index (χ0v) is 11.6. The fraction of sp³-hybridized carbons (Fsp3) is 0.600. The maximum atomic E-state index is 11.4. The molecule has 0 fully saturated rings. The molecular weight excluding hydrogens is 226 g/mol. The number of nitrogens with zero attached hydrogens (tertiary/aromatic N) is 1. The third-order valence-corrected chi connectivity index (χ3v) is 2.71. The Balaban J connectivity index is 2.13. The summed E-state index contributed by atoms with van der Waals surface area (Å²) in [5, 5.41) is 0. The Bertz CT molecular complexity index is 375. The molecule has 1 aromatic rings. The molecule has 0 radical (unpaired) electrons. The van der Waals surface area contributed by atoms with Crippen LogP contribution in [0.4, 0.5) is 0 Å². The Hall–Kier alpha value is -1.38. The first-order valence-electron chi connectivity index (χ1n) is 6.66. The van der Waals surface area contributed by atoms with Gasteiger partial charge in [0, 0.05) is 17.8 Å². The van der Waals surface area contributed by atoms with Crippen LogP contribution in [0.2, 0.25) is 0 Å². The van der Waals surface area contributed by atoms with Gasteiger partial charge in [0.2, 0.25) is 0 Å². The number of hydrogen-bond donors (Lipinski definition) is 0. The summed E-state index contributed by atoms with van der Waals surface area (Å²) in [6.45, 7) is 6.69. The van der Waals surface area contributed by atoms with Gasteiger partial charge in [-0.25, -0.2) is 0 Å². The predicted molar refractivity (Wildman–Crippen MR) is 72.3 cm³/mol. The number of aromatic nitrogens is 1. The van der Waals surface area contributed by atoms with Crippen molar-refractivity contribution in [1.82, 2.24) is 4.98 Å². The Morgan fingerprint density at radius 3 is 2.83 bits per heavy atom. The first kappa shape index (κ1) is 14.7. The summed E-state index contributed by atoms with van der Waals surface area (Å²) in [6.07, 6.45) is 3.13. The molecule has 1 heterocycles. The van der Waals surface area contributed by atoms with Crippen molar-refractivity contribution >= 4 is 5.97 Å². The summed E-state index contributed by atoms with van der Waals surface area (Å²) >= 11 is 0. The van der Waals surface area contributed by atoms with Crippen molar-refractivity contribution in [3.63, 3.8) is 0 Å². The summed E-state index contributed by atoms with van der Waals surface area (Å²) in [5.74, 6) is 0.468. The minimum Gasteiger partial charge on any atom is -0.466 e. The fourth-order valence-corrected chi connectivity index (χ4v) is 1.66. The molecule has 0 amide bonds. The van der Waals surface area contributed by atoms with Crippen LogP contribution in [0.3, 0.4) is 0 Å². The van der Waals surface area contributed by atoms with Gasteiger partial charge in [-0.3, -0.25) is 9.78 Å². The molecule has 0 N–H and O–H groups in total. The van der Waals surface area contributed by atoms with Crippen LogP contribution in [0, 0.1) is 12.8 Å². The zero-order chi connectivity index (χ0) is 13.4. The normalized spacial score (nSPS) is 10.7. The van der Waals surface area contributed by atoms with Gasteiger partial charge in [0.15, 0.2) is 0 Å². The van der Waals surface area contributed by atoms with E-state index >= 15 is 0 Å².